The number of likely N-dealkylation sites (tertiary alicyclic amines) is 1. The Labute approximate surface area is 157 Å². The molecule has 1 aliphatic heterocycles. The molecule has 1 saturated heterocycles. The lowest BCUT2D eigenvalue weighted by Crippen LogP contribution is -2.48. The van der Waals surface area contributed by atoms with Crippen molar-refractivity contribution in [3.63, 3.8) is 0 Å². The Kier molecular flexibility index (Phi) is 6.43. The van der Waals surface area contributed by atoms with E-state index in [1.165, 1.54) is 18.4 Å². The predicted molar refractivity (Wildman–Crippen MR) is 105 cm³/mol. The molecule has 1 N–H and O–H groups in total. The van der Waals surface area contributed by atoms with E-state index in [0.29, 0.717) is 5.92 Å². The number of hydrogen-bond acceptors (Lipinski definition) is 4. The van der Waals surface area contributed by atoms with Crippen LogP contribution in [0.4, 0.5) is 0 Å². The molecule has 2 aromatic rings. The fourth-order valence-corrected chi connectivity index (χ4v) is 3.87. The highest BCUT2D eigenvalue weighted by Crippen LogP contribution is 2.40. The number of piperidine rings is 1. The quantitative estimate of drug-likeness (QED) is 0.729. The van der Waals surface area contributed by atoms with Gasteiger partial charge in [0.1, 0.15) is 5.69 Å². The van der Waals surface area contributed by atoms with E-state index in [-0.39, 0.29) is 5.41 Å². The molecule has 1 aliphatic rings. The Morgan fingerprint density at radius 1 is 1.35 bits per heavy atom. The summed E-state index contributed by atoms with van der Waals surface area (Å²) in [5, 5.41) is 10.8. The van der Waals surface area contributed by atoms with Crippen LogP contribution < -0.4 is 0 Å². The summed E-state index contributed by atoms with van der Waals surface area (Å²) in [7, 11) is 0. The largest absolute Gasteiger partial charge is 0.380 e. The molecule has 1 aromatic heterocycles. The molecule has 142 valence electrons. The molecule has 5 heteroatoms. The molecule has 0 amide bonds. The first kappa shape index (κ1) is 19.1. The maximum atomic E-state index is 5.75. The minimum atomic E-state index is 0.194. The van der Waals surface area contributed by atoms with Gasteiger partial charge in [-0.15, -0.1) is 5.10 Å². The molecule has 1 fully saturated rings. The van der Waals surface area contributed by atoms with Crippen molar-refractivity contribution in [1.82, 2.24) is 20.3 Å². The predicted octanol–water partition coefficient (Wildman–Crippen LogP) is 3.89. The number of ether oxygens (including phenoxy) is 1. The maximum Gasteiger partial charge on any atom is 0.112 e. The average molecular weight is 357 g/mol. The van der Waals surface area contributed by atoms with Crippen LogP contribution in [0.5, 0.6) is 0 Å². The van der Waals surface area contributed by atoms with Crippen LogP contribution in [0.25, 0.3) is 11.3 Å². The molecule has 5 nitrogen and oxygen atoms in total. The Hall–Kier alpha value is -1.72. The van der Waals surface area contributed by atoms with E-state index < -0.39 is 0 Å². The summed E-state index contributed by atoms with van der Waals surface area (Å²) in [5.74, 6) is 0.597. The SMILES string of the molecule is CCCCOCCN1CCC(C)(c2cccc(-c3c[nH]nn3)c2)C(C)C1. The van der Waals surface area contributed by atoms with Crippen LogP contribution in [0.15, 0.2) is 30.5 Å². The van der Waals surface area contributed by atoms with Gasteiger partial charge in [-0.25, -0.2) is 0 Å². The number of unbranched alkanes of at least 4 members (excludes halogenated alkanes) is 1. The third-order valence-electron chi connectivity index (χ3n) is 6.00. The summed E-state index contributed by atoms with van der Waals surface area (Å²) in [6.07, 6.45) is 5.39. The molecule has 0 radical (unpaired) electrons. The van der Waals surface area contributed by atoms with E-state index in [2.05, 4.69) is 65.3 Å². The lowest BCUT2D eigenvalue weighted by molar-refractivity contribution is 0.0625. The summed E-state index contributed by atoms with van der Waals surface area (Å²) in [5.41, 5.74) is 3.64. The minimum Gasteiger partial charge on any atom is -0.380 e. The van der Waals surface area contributed by atoms with Crippen LogP contribution in [0.1, 0.15) is 45.6 Å². The number of rotatable bonds is 8. The van der Waals surface area contributed by atoms with Gasteiger partial charge in [0.25, 0.3) is 0 Å². The summed E-state index contributed by atoms with van der Waals surface area (Å²) in [4.78, 5) is 2.56. The van der Waals surface area contributed by atoms with Crippen molar-refractivity contribution in [2.24, 2.45) is 5.92 Å². The molecule has 2 atom stereocenters. The molecule has 26 heavy (non-hydrogen) atoms. The fraction of sp³-hybridized carbons (Fsp3) is 0.619. The molecular weight excluding hydrogens is 324 g/mol. The second kappa shape index (κ2) is 8.78. The first-order valence-corrected chi connectivity index (χ1v) is 9.91. The van der Waals surface area contributed by atoms with Gasteiger partial charge in [-0.05, 0) is 42.3 Å². The van der Waals surface area contributed by atoms with Crippen LogP contribution in [0.3, 0.4) is 0 Å². The van der Waals surface area contributed by atoms with E-state index in [4.69, 9.17) is 4.74 Å². The number of benzene rings is 1. The van der Waals surface area contributed by atoms with Gasteiger partial charge in [0.05, 0.1) is 6.61 Å². The topological polar surface area (TPSA) is 54.0 Å². The van der Waals surface area contributed by atoms with Crippen molar-refractivity contribution in [3.8, 4) is 11.3 Å². The van der Waals surface area contributed by atoms with E-state index in [9.17, 15) is 0 Å². The first-order chi connectivity index (χ1) is 12.6. The number of aromatic nitrogens is 3. The Morgan fingerprint density at radius 2 is 2.23 bits per heavy atom. The summed E-state index contributed by atoms with van der Waals surface area (Å²) < 4.78 is 5.75. The molecule has 1 aromatic carbocycles. The third kappa shape index (κ3) is 4.33. The van der Waals surface area contributed by atoms with Crippen molar-refractivity contribution in [1.29, 1.82) is 0 Å². The lowest BCUT2D eigenvalue weighted by Gasteiger charge is -2.45. The second-order valence-corrected chi connectivity index (χ2v) is 7.77. The number of H-pyrrole nitrogens is 1. The zero-order chi connectivity index (χ0) is 18.4. The molecule has 0 bridgehead atoms. The molecule has 3 rings (SSSR count). The van der Waals surface area contributed by atoms with Gasteiger partial charge < -0.3 is 9.64 Å². The summed E-state index contributed by atoms with van der Waals surface area (Å²) in [6.45, 7) is 12.0. The standard InChI is InChI=1S/C21H32N4O/c1-4-5-12-26-13-11-25-10-9-21(3,17(2)16-25)19-8-6-7-18(14-19)20-15-22-24-23-20/h6-8,14-15,17H,4-5,9-13,16H2,1-3H3,(H,22,23,24). The van der Waals surface area contributed by atoms with Crippen LogP contribution in [-0.4, -0.2) is 53.2 Å². The number of aromatic amines is 1. The van der Waals surface area contributed by atoms with Crippen molar-refractivity contribution < 1.29 is 4.74 Å². The summed E-state index contributed by atoms with van der Waals surface area (Å²) >= 11 is 0. The van der Waals surface area contributed by atoms with Gasteiger partial charge in [0.2, 0.25) is 0 Å². The van der Waals surface area contributed by atoms with Crippen LogP contribution in [0.2, 0.25) is 0 Å². The molecule has 2 unspecified atom stereocenters. The highest BCUT2D eigenvalue weighted by Gasteiger charge is 2.37. The smallest absolute Gasteiger partial charge is 0.112 e. The Bertz CT molecular complexity index is 672. The average Bonchev–Trinajstić information content (AvgIpc) is 3.19. The Morgan fingerprint density at radius 3 is 2.96 bits per heavy atom. The zero-order valence-corrected chi connectivity index (χ0v) is 16.4. The van der Waals surface area contributed by atoms with E-state index in [1.54, 1.807) is 0 Å². The second-order valence-electron chi connectivity index (χ2n) is 7.77. The number of nitrogens with zero attached hydrogens (tertiary/aromatic N) is 3. The van der Waals surface area contributed by atoms with Gasteiger partial charge in [-0.3, -0.25) is 5.10 Å². The maximum absolute atomic E-state index is 5.75. The van der Waals surface area contributed by atoms with Crippen molar-refractivity contribution in [2.45, 2.75) is 45.4 Å². The third-order valence-corrected chi connectivity index (χ3v) is 6.00. The van der Waals surface area contributed by atoms with Crippen LogP contribution in [0, 0.1) is 5.92 Å². The lowest BCUT2D eigenvalue weighted by atomic mass is 9.68. The molecule has 0 spiro atoms. The van der Waals surface area contributed by atoms with Crippen molar-refractivity contribution in [3.05, 3.63) is 36.0 Å². The first-order valence-electron chi connectivity index (χ1n) is 9.91. The van der Waals surface area contributed by atoms with Crippen molar-refractivity contribution >= 4 is 0 Å². The van der Waals surface area contributed by atoms with E-state index >= 15 is 0 Å². The fourth-order valence-electron chi connectivity index (χ4n) is 3.87. The number of nitrogens with one attached hydrogen (secondary N) is 1. The highest BCUT2D eigenvalue weighted by atomic mass is 16.5. The molecule has 0 saturated carbocycles. The Balaban J connectivity index is 1.61. The zero-order valence-electron chi connectivity index (χ0n) is 16.4. The normalized spacial score (nSPS) is 24.0. The molecule has 2 heterocycles. The summed E-state index contributed by atoms with van der Waals surface area (Å²) in [6, 6.07) is 8.81. The van der Waals surface area contributed by atoms with Crippen LogP contribution >= 0.6 is 0 Å². The monoisotopic (exact) mass is 356 g/mol. The molecule has 0 aliphatic carbocycles. The highest BCUT2D eigenvalue weighted by molar-refractivity contribution is 5.59. The van der Waals surface area contributed by atoms with Gasteiger partial charge in [0.15, 0.2) is 0 Å². The van der Waals surface area contributed by atoms with Gasteiger partial charge >= 0.3 is 0 Å². The van der Waals surface area contributed by atoms with E-state index in [1.807, 2.05) is 6.20 Å². The van der Waals surface area contributed by atoms with Gasteiger partial charge in [-0.1, -0.05) is 50.6 Å². The van der Waals surface area contributed by atoms with E-state index in [0.717, 1.165) is 50.5 Å². The van der Waals surface area contributed by atoms with Crippen molar-refractivity contribution in [2.75, 3.05) is 32.8 Å². The number of hydrogen-bond donors (Lipinski definition) is 1. The van der Waals surface area contributed by atoms with Gasteiger partial charge in [0, 0.05) is 31.5 Å². The molecular formula is C21H32N4O. The van der Waals surface area contributed by atoms with Crippen LogP contribution in [-0.2, 0) is 10.2 Å². The minimum absolute atomic E-state index is 0.194. The van der Waals surface area contributed by atoms with Gasteiger partial charge in [-0.2, -0.15) is 0 Å².